The molecule has 0 unspecified atom stereocenters. The third-order valence-corrected chi connectivity index (χ3v) is 3.99. The van der Waals surface area contributed by atoms with Crippen LogP contribution in [0.2, 0.25) is 0 Å². The van der Waals surface area contributed by atoms with Gasteiger partial charge in [-0.2, -0.15) is 0 Å². The quantitative estimate of drug-likeness (QED) is 0.944. The van der Waals surface area contributed by atoms with Crippen LogP contribution in [0.25, 0.3) is 0 Å². The summed E-state index contributed by atoms with van der Waals surface area (Å²) < 4.78 is 5.70. The second-order valence-corrected chi connectivity index (χ2v) is 5.77. The predicted octanol–water partition coefficient (Wildman–Crippen LogP) is 2.90. The molecule has 1 N–H and O–H groups in total. The van der Waals surface area contributed by atoms with Crippen molar-refractivity contribution in [2.75, 3.05) is 24.6 Å². The zero-order valence-electron chi connectivity index (χ0n) is 13.4. The molecule has 4 heteroatoms. The summed E-state index contributed by atoms with van der Waals surface area (Å²) >= 11 is 0. The predicted molar refractivity (Wildman–Crippen MR) is 91.8 cm³/mol. The molecular formula is C19H22N2O2. The van der Waals surface area contributed by atoms with Gasteiger partial charge in [0.1, 0.15) is 5.75 Å². The van der Waals surface area contributed by atoms with Crippen molar-refractivity contribution in [3.63, 3.8) is 0 Å². The maximum Gasteiger partial charge on any atom is 0.230 e. The van der Waals surface area contributed by atoms with Gasteiger partial charge in [-0.15, -0.1) is 0 Å². The number of fused-ring (bicyclic) bond motifs is 1. The average Bonchev–Trinajstić information content (AvgIpc) is 2.77. The van der Waals surface area contributed by atoms with Gasteiger partial charge in [0, 0.05) is 25.3 Å². The summed E-state index contributed by atoms with van der Waals surface area (Å²) in [6.45, 7) is 4.73. The van der Waals surface area contributed by atoms with Gasteiger partial charge in [-0.3, -0.25) is 4.79 Å². The van der Waals surface area contributed by atoms with Crippen LogP contribution in [-0.2, 0) is 11.3 Å². The molecule has 0 aromatic heterocycles. The van der Waals surface area contributed by atoms with Crippen LogP contribution < -0.4 is 15.0 Å². The summed E-state index contributed by atoms with van der Waals surface area (Å²) in [6, 6.07) is 16.0. The maximum atomic E-state index is 12.6. The summed E-state index contributed by atoms with van der Waals surface area (Å²) in [5.41, 5.74) is 3.33. The number of hydrogen-bond donors (Lipinski definition) is 1. The van der Waals surface area contributed by atoms with Crippen molar-refractivity contribution in [1.82, 2.24) is 5.32 Å². The fourth-order valence-corrected chi connectivity index (χ4v) is 2.81. The Bertz CT molecular complexity index is 685. The second kappa shape index (κ2) is 7.29. The standard InChI is InChI=1S/C19H22N2O2/c1-15-5-4-7-17(13-15)23-12-9-19(22)21-11-10-20-14-16-6-2-3-8-18(16)21/h2-8,13,20H,9-12,14H2,1H3. The molecule has 1 amide bonds. The Morgan fingerprint density at radius 1 is 1.22 bits per heavy atom. The lowest BCUT2D eigenvalue weighted by Gasteiger charge is -2.22. The van der Waals surface area contributed by atoms with E-state index in [-0.39, 0.29) is 5.91 Å². The molecule has 1 aliphatic rings. The van der Waals surface area contributed by atoms with Crippen LogP contribution >= 0.6 is 0 Å². The smallest absolute Gasteiger partial charge is 0.230 e. The average molecular weight is 310 g/mol. The summed E-state index contributed by atoms with van der Waals surface area (Å²) in [5.74, 6) is 0.921. The molecule has 0 radical (unpaired) electrons. The largest absolute Gasteiger partial charge is 0.493 e. The number of benzene rings is 2. The number of nitrogens with one attached hydrogen (secondary N) is 1. The number of aryl methyl sites for hydroxylation is 1. The molecule has 1 heterocycles. The van der Waals surface area contributed by atoms with Crippen molar-refractivity contribution in [2.24, 2.45) is 0 Å². The third-order valence-electron chi connectivity index (χ3n) is 3.99. The number of carbonyl (C=O) groups excluding carboxylic acids is 1. The van der Waals surface area contributed by atoms with E-state index in [4.69, 9.17) is 4.74 Å². The van der Waals surface area contributed by atoms with Crippen LogP contribution in [0.1, 0.15) is 17.5 Å². The molecule has 0 aliphatic carbocycles. The van der Waals surface area contributed by atoms with Gasteiger partial charge in [-0.25, -0.2) is 0 Å². The molecule has 120 valence electrons. The summed E-state index contributed by atoms with van der Waals surface area (Å²) in [5, 5.41) is 3.35. The highest BCUT2D eigenvalue weighted by atomic mass is 16.5. The molecule has 0 atom stereocenters. The Kier molecular flexibility index (Phi) is 4.93. The van der Waals surface area contributed by atoms with Gasteiger partial charge in [0.05, 0.1) is 13.0 Å². The Morgan fingerprint density at radius 2 is 2.09 bits per heavy atom. The first-order valence-corrected chi connectivity index (χ1v) is 8.02. The minimum atomic E-state index is 0.105. The Labute approximate surface area is 137 Å². The molecule has 0 bridgehead atoms. The Hall–Kier alpha value is -2.33. The molecule has 1 aliphatic heterocycles. The Morgan fingerprint density at radius 3 is 2.96 bits per heavy atom. The molecule has 0 fully saturated rings. The van der Waals surface area contributed by atoms with Gasteiger partial charge < -0.3 is 15.0 Å². The SMILES string of the molecule is Cc1cccc(OCCC(=O)N2CCNCc3ccccc32)c1. The number of nitrogens with zero attached hydrogens (tertiary/aromatic N) is 1. The van der Waals surface area contributed by atoms with E-state index in [0.29, 0.717) is 19.6 Å². The first kappa shape index (κ1) is 15.6. The molecular weight excluding hydrogens is 288 g/mol. The summed E-state index contributed by atoms with van der Waals surface area (Å²) in [4.78, 5) is 14.5. The fraction of sp³-hybridized carbons (Fsp3) is 0.316. The van der Waals surface area contributed by atoms with Crippen LogP contribution in [-0.4, -0.2) is 25.6 Å². The number of hydrogen-bond acceptors (Lipinski definition) is 3. The molecule has 23 heavy (non-hydrogen) atoms. The highest BCUT2D eigenvalue weighted by Gasteiger charge is 2.20. The van der Waals surface area contributed by atoms with Crippen LogP contribution in [0.4, 0.5) is 5.69 Å². The number of ether oxygens (including phenoxy) is 1. The van der Waals surface area contributed by atoms with E-state index in [0.717, 1.165) is 35.7 Å². The molecule has 2 aromatic carbocycles. The second-order valence-electron chi connectivity index (χ2n) is 5.77. The van der Waals surface area contributed by atoms with E-state index in [1.165, 1.54) is 0 Å². The fourth-order valence-electron chi connectivity index (χ4n) is 2.81. The number of amides is 1. The van der Waals surface area contributed by atoms with Crippen molar-refractivity contribution in [1.29, 1.82) is 0 Å². The van der Waals surface area contributed by atoms with Gasteiger partial charge >= 0.3 is 0 Å². The van der Waals surface area contributed by atoms with Crippen LogP contribution in [0.15, 0.2) is 48.5 Å². The highest BCUT2D eigenvalue weighted by molar-refractivity contribution is 5.94. The van der Waals surface area contributed by atoms with E-state index >= 15 is 0 Å². The lowest BCUT2D eigenvalue weighted by Crippen LogP contribution is -2.35. The van der Waals surface area contributed by atoms with Crippen molar-refractivity contribution in [3.8, 4) is 5.75 Å². The van der Waals surface area contributed by atoms with Gasteiger partial charge in [0.15, 0.2) is 0 Å². The van der Waals surface area contributed by atoms with E-state index < -0.39 is 0 Å². The normalized spacial score (nSPS) is 14.0. The van der Waals surface area contributed by atoms with Crippen LogP contribution in [0, 0.1) is 6.92 Å². The lowest BCUT2D eigenvalue weighted by molar-refractivity contribution is -0.119. The minimum absolute atomic E-state index is 0.105. The highest BCUT2D eigenvalue weighted by Crippen LogP contribution is 2.23. The van der Waals surface area contributed by atoms with Crippen molar-refractivity contribution < 1.29 is 9.53 Å². The topological polar surface area (TPSA) is 41.6 Å². The number of para-hydroxylation sites is 1. The maximum absolute atomic E-state index is 12.6. The zero-order chi connectivity index (χ0) is 16.1. The molecule has 2 aromatic rings. The van der Waals surface area contributed by atoms with E-state index in [9.17, 15) is 4.79 Å². The lowest BCUT2D eigenvalue weighted by atomic mass is 10.1. The number of carbonyl (C=O) groups is 1. The molecule has 3 rings (SSSR count). The van der Waals surface area contributed by atoms with Gasteiger partial charge in [0.25, 0.3) is 0 Å². The van der Waals surface area contributed by atoms with Gasteiger partial charge in [-0.1, -0.05) is 30.3 Å². The summed E-state index contributed by atoms with van der Waals surface area (Å²) in [7, 11) is 0. The molecule has 0 saturated heterocycles. The molecule has 4 nitrogen and oxygen atoms in total. The van der Waals surface area contributed by atoms with Crippen LogP contribution in [0.3, 0.4) is 0 Å². The minimum Gasteiger partial charge on any atom is -0.493 e. The van der Waals surface area contributed by atoms with Crippen molar-refractivity contribution >= 4 is 11.6 Å². The molecule has 0 spiro atoms. The van der Waals surface area contributed by atoms with E-state index in [1.54, 1.807) is 0 Å². The first-order valence-electron chi connectivity index (χ1n) is 8.02. The van der Waals surface area contributed by atoms with E-state index in [1.807, 2.05) is 54.3 Å². The number of anilines is 1. The van der Waals surface area contributed by atoms with Gasteiger partial charge in [-0.05, 0) is 36.2 Å². The van der Waals surface area contributed by atoms with Gasteiger partial charge in [0.2, 0.25) is 5.91 Å². The number of rotatable bonds is 4. The van der Waals surface area contributed by atoms with Crippen molar-refractivity contribution in [3.05, 3.63) is 59.7 Å². The van der Waals surface area contributed by atoms with Crippen LogP contribution in [0.5, 0.6) is 5.75 Å². The monoisotopic (exact) mass is 310 g/mol. The Balaban J connectivity index is 1.62. The van der Waals surface area contributed by atoms with E-state index in [2.05, 4.69) is 11.4 Å². The zero-order valence-corrected chi connectivity index (χ0v) is 13.4. The molecule has 0 saturated carbocycles. The first-order chi connectivity index (χ1) is 11.2. The third kappa shape index (κ3) is 3.90. The van der Waals surface area contributed by atoms with Crippen molar-refractivity contribution in [2.45, 2.75) is 19.9 Å². The summed E-state index contributed by atoms with van der Waals surface area (Å²) in [6.07, 6.45) is 0.377.